The number of rotatable bonds is 4. The van der Waals surface area contributed by atoms with Crippen LogP contribution in [0.2, 0.25) is 0 Å². The molecule has 1 aromatic rings. The smallest absolute Gasteiger partial charge is 0.269 e. The highest BCUT2D eigenvalue weighted by Gasteiger charge is 2.17. The Balaban J connectivity index is 2.63. The first-order valence-corrected chi connectivity index (χ1v) is 7.19. The van der Waals surface area contributed by atoms with Gasteiger partial charge in [0.05, 0.1) is 6.54 Å². The predicted molar refractivity (Wildman–Crippen MR) is 80.1 cm³/mol. The molecule has 0 atom stereocenters. The van der Waals surface area contributed by atoms with Crippen molar-refractivity contribution in [2.75, 3.05) is 19.3 Å². The number of thioether (sulfide) groups is 1. The van der Waals surface area contributed by atoms with E-state index in [1.165, 1.54) is 0 Å². The largest absolute Gasteiger partial charge is 0.349 e. The summed E-state index contributed by atoms with van der Waals surface area (Å²) in [5.74, 6) is 5.44. The normalized spacial score (nSPS) is 10.5. The lowest BCUT2D eigenvalue weighted by Crippen LogP contribution is -2.36. The Morgan fingerprint density at radius 3 is 2.79 bits per heavy atom. The lowest BCUT2D eigenvalue weighted by molar-refractivity contribution is 0.0946. The van der Waals surface area contributed by atoms with Crippen molar-refractivity contribution in [2.45, 2.75) is 18.6 Å². The summed E-state index contributed by atoms with van der Waals surface area (Å²) in [7, 11) is 0. The van der Waals surface area contributed by atoms with E-state index in [0.717, 1.165) is 5.56 Å². The quantitative estimate of drug-likeness (QED) is 0.813. The van der Waals surface area contributed by atoms with Crippen LogP contribution in [-0.2, 0) is 0 Å². The molecule has 0 saturated carbocycles. The molecule has 3 N–H and O–H groups in total. The first-order valence-electron chi connectivity index (χ1n) is 5.97. The summed E-state index contributed by atoms with van der Waals surface area (Å²) in [6, 6.07) is 3.44. The van der Waals surface area contributed by atoms with Crippen LogP contribution >= 0.6 is 11.8 Å². The summed E-state index contributed by atoms with van der Waals surface area (Å²) in [6.07, 6.45) is 3.60. The van der Waals surface area contributed by atoms with Crippen LogP contribution in [0.5, 0.6) is 0 Å². The van der Waals surface area contributed by atoms with Gasteiger partial charge >= 0.3 is 0 Å². The van der Waals surface area contributed by atoms with E-state index in [-0.39, 0.29) is 10.7 Å². The monoisotopic (exact) mass is 277 g/mol. The van der Waals surface area contributed by atoms with Gasteiger partial charge in [-0.1, -0.05) is 11.8 Å². The third-order valence-electron chi connectivity index (χ3n) is 2.56. The van der Waals surface area contributed by atoms with Crippen molar-refractivity contribution >= 4 is 17.7 Å². The fourth-order valence-corrected chi connectivity index (χ4v) is 1.43. The first kappa shape index (κ1) is 15.5. The summed E-state index contributed by atoms with van der Waals surface area (Å²) >= 11 is 1.71. The van der Waals surface area contributed by atoms with Crippen LogP contribution < -0.4 is 11.1 Å². The zero-order valence-electron chi connectivity index (χ0n) is 11.5. The van der Waals surface area contributed by atoms with Crippen molar-refractivity contribution in [1.82, 2.24) is 10.3 Å². The van der Waals surface area contributed by atoms with Crippen LogP contribution in [0.3, 0.4) is 0 Å². The molecule has 102 valence electrons. The SMILES string of the molecule is CSC(C)(C)CNC(=O)c1ccc(C#CCN)cn1. The van der Waals surface area contributed by atoms with Gasteiger partial charge < -0.3 is 11.1 Å². The van der Waals surface area contributed by atoms with Crippen LogP contribution in [0.1, 0.15) is 29.9 Å². The van der Waals surface area contributed by atoms with E-state index in [0.29, 0.717) is 18.8 Å². The second kappa shape index (κ2) is 7.17. The molecule has 0 aliphatic rings. The van der Waals surface area contributed by atoms with Crippen molar-refractivity contribution in [3.63, 3.8) is 0 Å². The van der Waals surface area contributed by atoms with Gasteiger partial charge in [-0.15, -0.1) is 0 Å². The van der Waals surface area contributed by atoms with Crippen molar-refractivity contribution in [2.24, 2.45) is 5.73 Å². The van der Waals surface area contributed by atoms with Crippen LogP contribution in [0, 0.1) is 11.8 Å². The zero-order valence-corrected chi connectivity index (χ0v) is 12.3. The minimum absolute atomic E-state index is 0.0161. The summed E-state index contributed by atoms with van der Waals surface area (Å²) in [6.45, 7) is 5.07. The lowest BCUT2D eigenvalue weighted by atomic mass is 10.2. The highest BCUT2D eigenvalue weighted by atomic mass is 32.2. The average Bonchev–Trinajstić information content (AvgIpc) is 2.43. The number of pyridine rings is 1. The molecule has 1 aromatic heterocycles. The number of aromatic nitrogens is 1. The number of hydrogen-bond donors (Lipinski definition) is 2. The molecule has 4 nitrogen and oxygen atoms in total. The van der Waals surface area contributed by atoms with E-state index in [1.54, 1.807) is 30.1 Å². The highest BCUT2D eigenvalue weighted by Crippen LogP contribution is 2.19. The second-order valence-corrected chi connectivity index (χ2v) is 6.10. The van der Waals surface area contributed by atoms with Crippen molar-refractivity contribution in [3.05, 3.63) is 29.6 Å². The summed E-state index contributed by atoms with van der Waals surface area (Å²) in [5.41, 5.74) is 6.44. The second-order valence-electron chi connectivity index (χ2n) is 4.58. The average molecular weight is 277 g/mol. The molecule has 0 saturated heterocycles. The summed E-state index contributed by atoms with van der Waals surface area (Å²) in [4.78, 5) is 16.0. The Bertz CT molecular complexity index is 486. The van der Waals surface area contributed by atoms with E-state index >= 15 is 0 Å². The van der Waals surface area contributed by atoms with Crippen LogP contribution in [0.25, 0.3) is 0 Å². The fourth-order valence-electron chi connectivity index (χ4n) is 1.21. The fraction of sp³-hybridized carbons (Fsp3) is 0.429. The van der Waals surface area contributed by atoms with Gasteiger partial charge in [-0.3, -0.25) is 4.79 Å². The topological polar surface area (TPSA) is 68.0 Å². The minimum atomic E-state index is -0.166. The molecule has 0 aliphatic heterocycles. The van der Waals surface area contributed by atoms with Gasteiger partial charge in [-0.2, -0.15) is 11.8 Å². The van der Waals surface area contributed by atoms with Gasteiger partial charge in [0.1, 0.15) is 5.69 Å². The van der Waals surface area contributed by atoms with Gasteiger partial charge in [0.15, 0.2) is 0 Å². The summed E-state index contributed by atoms with van der Waals surface area (Å²) < 4.78 is 0.0161. The van der Waals surface area contributed by atoms with E-state index in [1.807, 2.05) is 6.26 Å². The molecule has 0 spiro atoms. The number of amides is 1. The predicted octanol–water partition coefficient (Wildman–Crippen LogP) is 1.26. The van der Waals surface area contributed by atoms with Gasteiger partial charge in [-0.25, -0.2) is 4.98 Å². The van der Waals surface area contributed by atoms with E-state index in [2.05, 4.69) is 36.0 Å². The van der Waals surface area contributed by atoms with E-state index in [9.17, 15) is 4.79 Å². The molecule has 1 heterocycles. The van der Waals surface area contributed by atoms with Crippen LogP contribution in [0.4, 0.5) is 0 Å². The molecule has 0 aliphatic carbocycles. The van der Waals surface area contributed by atoms with Crippen LogP contribution in [0.15, 0.2) is 18.3 Å². The van der Waals surface area contributed by atoms with Crippen molar-refractivity contribution < 1.29 is 4.79 Å². The maximum absolute atomic E-state index is 11.9. The standard InChI is InChI=1S/C14H19N3OS/c1-14(2,19-3)10-17-13(18)12-7-6-11(9-16-12)5-4-8-15/h6-7,9H,8,10,15H2,1-3H3,(H,17,18). The minimum Gasteiger partial charge on any atom is -0.349 e. The molecule has 0 unspecified atom stereocenters. The molecular formula is C14H19N3OS. The van der Waals surface area contributed by atoms with Crippen molar-refractivity contribution in [3.8, 4) is 11.8 Å². The Labute approximate surface area is 118 Å². The Morgan fingerprint density at radius 2 is 2.26 bits per heavy atom. The molecule has 0 fully saturated rings. The number of hydrogen-bond acceptors (Lipinski definition) is 4. The van der Waals surface area contributed by atoms with E-state index in [4.69, 9.17) is 5.73 Å². The zero-order chi connectivity index (χ0) is 14.3. The number of nitrogens with one attached hydrogen (secondary N) is 1. The third kappa shape index (κ3) is 5.33. The maximum Gasteiger partial charge on any atom is 0.269 e. The maximum atomic E-state index is 11.9. The molecule has 19 heavy (non-hydrogen) atoms. The van der Waals surface area contributed by atoms with Gasteiger partial charge in [0, 0.05) is 23.1 Å². The molecular weight excluding hydrogens is 258 g/mol. The molecule has 0 bridgehead atoms. The Hall–Kier alpha value is -1.51. The Morgan fingerprint density at radius 1 is 1.53 bits per heavy atom. The van der Waals surface area contributed by atoms with Gasteiger partial charge in [0.25, 0.3) is 5.91 Å². The number of nitrogens with two attached hydrogens (primary N) is 1. The number of carbonyl (C=O) groups excluding carboxylic acids is 1. The molecule has 5 heteroatoms. The lowest BCUT2D eigenvalue weighted by Gasteiger charge is -2.21. The van der Waals surface area contributed by atoms with E-state index < -0.39 is 0 Å². The van der Waals surface area contributed by atoms with Gasteiger partial charge in [-0.05, 0) is 32.2 Å². The number of carbonyl (C=O) groups is 1. The molecule has 1 rings (SSSR count). The molecule has 0 radical (unpaired) electrons. The molecule has 0 aromatic carbocycles. The third-order valence-corrected chi connectivity index (χ3v) is 3.81. The van der Waals surface area contributed by atoms with Gasteiger partial charge in [0.2, 0.25) is 0 Å². The molecule has 1 amide bonds. The summed E-state index contributed by atoms with van der Waals surface area (Å²) in [5, 5.41) is 2.87. The van der Waals surface area contributed by atoms with Crippen LogP contribution in [-0.4, -0.2) is 35.0 Å². The number of nitrogens with zero attached hydrogens (tertiary/aromatic N) is 1. The van der Waals surface area contributed by atoms with Crippen molar-refractivity contribution in [1.29, 1.82) is 0 Å². The first-order chi connectivity index (χ1) is 8.98. The highest BCUT2D eigenvalue weighted by molar-refractivity contribution is 7.99. The Kier molecular flexibility index (Phi) is 5.87.